The summed E-state index contributed by atoms with van der Waals surface area (Å²) in [6, 6.07) is 13.5. The van der Waals surface area contributed by atoms with Crippen LogP contribution in [0.4, 0.5) is 11.4 Å². The summed E-state index contributed by atoms with van der Waals surface area (Å²) in [7, 11) is 1.79. The Balaban J connectivity index is 1.59. The summed E-state index contributed by atoms with van der Waals surface area (Å²) in [5, 5.41) is 22.4. The topological polar surface area (TPSA) is 112 Å². The van der Waals surface area contributed by atoms with Gasteiger partial charge in [0.25, 0.3) is 5.69 Å². The van der Waals surface area contributed by atoms with Crippen LogP contribution in [0.1, 0.15) is 18.9 Å². The van der Waals surface area contributed by atoms with Gasteiger partial charge in [-0.3, -0.25) is 14.9 Å². The average molecular weight is 448 g/mol. The number of amides is 1. The molecule has 1 aromatic heterocycles. The van der Waals surface area contributed by atoms with Crippen LogP contribution in [0.2, 0.25) is 5.02 Å². The molecule has 9 nitrogen and oxygen atoms in total. The number of para-hydroxylation sites is 1. The number of carbonyl (C=O) groups excluding carboxylic acids is 1. The largest absolute Gasteiger partial charge is 0.483 e. The monoisotopic (exact) mass is 447 g/mol. The fraction of sp³-hybridized carbons (Fsp3) is 0.211. The number of carbonyl (C=O) groups is 1. The van der Waals surface area contributed by atoms with E-state index in [-0.39, 0.29) is 28.5 Å². The number of nitrogens with zero attached hydrogens (tertiary/aromatic N) is 4. The van der Waals surface area contributed by atoms with E-state index in [1.54, 1.807) is 11.6 Å². The van der Waals surface area contributed by atoms with Gasteiger partial charge in [-0.05, 0) is 31.2 Å². The molecule has 0 aliphatic heterocycles. The second kappa shape index (κ2) is 9.59. The van der Waals surface area contributed by atoms with Crippen LogP contribution in [0.25, 0.3) is 0 Å². The van der Waals surface area contributed by atoms with Crippen molar-refractivity contribution in [2.75, 3.05) is 11.1 Å². The van der Waals surface area contributed by atoms with Crippen molar-refractivity contribution in [2.24, 2.45) is 7.05 Å². The predicted molar refractivity (Wildman–Crippen MR) is 114 cm³/mol. The lowest BCUT2D eigenvalue weighted by atomic mass is 10.3. The van der Waals surface area contributed by atoms with E-state index in [0.717, 1.165) is 5.75 Å². The Hall–Kier alpha value is -3.11. The first-order valence-corrected chi connectivity index (χ1v) is 10.2. The maximum atomic E-state index is 12.2. The van der Waals surface area contributed by atoms with Crippen LogP contribution < -0.4 is 10.1 Å². The van der Waals surface area contributed by atoms with Crippen molar-refractivity contribution in [3.63, 3.8) is 0 Å². The number of ether oxygens (including phenoxy) is 1. The van der Waals surface area contributed by atoms with E-state index >= 15 is 0 Å². The Labute approximate surface area is 181 Å². The number of nitrogens with one attached hydrogen (secondary N) is 1. The lowest BCUT2D eigenvalue weighted by molar-refractivity contribution is -0.384. The number of rotatable bonds is 8. The van der Waals surface area contributed by atoms with Gasteiger partial charge in [0.15, 0.2) is 17.1 Å². The number of halogens is 1. The third-order valence-corrected chi connectivity index (χ3v) is 5.39. The van der Waals surface area contributed by atoms with Gasteiger partial charge in [-0.1, -0.05) is 41.6 Å². The van der Waals surface area contributed by atoms with Crippen LogP contribution in [0.3, 0.4) is 0 Å². The molecule has 0 saturated carbocycles. The molecule has 1 heterocycles. The molecule has 0 spiro atoms. The fourth-order valence-electron chi connectivity index (χ4n) is 2.62. The van der Waals surface area contributed by atoms with Gasteiger partial charge in [-0.15, -0.1) is 10.2 Å². The highest BCUT2D eigenvalue weighted by Crippen LogP contribution is 2.28. The van der Waals surface area contributed by atoms with E-state index in [0.29, 0.717) is 16.7 Å². The zero-order chi connectivity index (χ0) is 21.7. The molecule has 0 bridgehead atoms. The first kappa shape index (κ1) is 21.6. The molecule has 30 heavy (non-hydrogen) atoms. The fourth-order valence-corrected chi connectivity index (χ4v) is 3.52. The molecular weight excluding hydrogens is 430 g/mol. The Morgan fingerprint density at radius 3 is 2.73 bits per heavy atom. The summed E-state index contributed by atoms with van der Waals surface area (Å²) in [6.45, 7) is 1.87. The molecule has 1 unspecified atom stereocenters. The SMILES string of the molecule is CC(Oc1ccccc1)c1nnc(SCC(=O)Nc2ccc(Cl)c([N+](=O)[O-])c2)n1C. The van der Waals surface area contributed by atoms with Gasteiger partial charge >= 0.3 is 0 Å². The minimum Gasteiger partial charge on any atom is -0.483 e. The third-order valence-electron chi connectivity index (χ3n) is 4.05. The predicted octanol–water partition coefficient (Wildman–Crippen LogP) is 4.25. The Kier molecular flexibility index (Phi) is 6.91. The Bertz CT molecular complexity index is 1060. The quantitative estimate of drug-likeness (QED) is 0.312. The summed E-state index contributed by atoms with van der Waals surface area (Å²) in [5.74, 6) is 1.06. The number of benzene rings is 2. The molecule has 3 aromatic rings. The van der Waals surface area contributed by atoms with E-state index in [9.17, 15) is 14.9 Å². The van der Waals surface area contributed by atoms with E-state index in [1.165, 1.54) is 30.0 Å². The van der Waals surface area contributed by atoms with E-state index < -0.39 is 4.92 Å². The van der Waals surface area contributed by atoms with Crippen LogP contribution in [-0.2, 0) is 11.8 Å². The zero-order valence-electron chi connectivity index (χ0n) is 16.1. The van der Waals surface area contributed by atoms with Crippen LogP contribution >= 0.6 is 23.4 Å². The summed E-state index contributed by atoms with van der Waals surface area (Å²) in [4.78, 5) is 22.6. The van der Waals surface area contributed by atoms with Gasteiger partial charge < -0.3 is 14.6 Å². The Morgan fingerprint density at radius 2 is 2.03 bits per heavy atom. The smallest absolute Gasteiger partial charge is 0.289 e. The molecule has 3 rings (SSSR count). The first-order chi connectivity index (χ1) is 14.3. The lowest BCUT2D eigenvalue weighted by Gasteiger charge is -2.14. The van der Waals surface area contributed by atoms with E-state index in [2.05, 4.69) is 15.5 Å². The lowest BCUT2D eigenvalue weighted by Crippen LogP contribution is -2.15. The van der Waals surface area contributed by atoms with Gasteiger partial charge in [0, 0.05) is 18.8 Å². The highest BCUT2D eigenvalue weighted by Gasteiger charge is 2.18. The van der Waals surface area contributed by atoms with Crippen molar-refractivity contribution in [3.8, 4) is 5.75 Å². The minimum absolute atomic E-state index is 0.00540. The normalized spacial score (nSPS) is 11.7. The molecule has 11 heteroatoms. The summed E-state index contributed by atoms with van der Waals surface area (Å²) in [6.07, 6.45) is -0.331. The van der Waals surface area contributed by atoms with Gasteiger partial charge in [0.05, 0.1) is 10.7 Å². The molecule has 0 radical (unpaired) electrons. The standard InChI is InChI=1S/C19H18ClN5O4S/c1-12(29-14-6-4-3-5-7-14)18-22-23-19(24(18)2)30-11-17(26)21-13-8-9-15(20)16(10-13)25(27)28/h3-10,12H,11H2,1-2H3,(H,21,26). The van der Waals surface area contributed by atoms with Crippen molar-refractivity contribution in [1.29, 1.82) is 0 Å². The minimum atomic E-state index is -0.605. The maximum Gasteiger partial charge on any atom is 0.289 e. The molecule has 156 valence electrons. The molecular formula is C19H18ClN5O4S. The molecule has 0 saturated heterocycles. The van der Waals surface area contributed by atoms with E-state index in [1.807, 2.05) is 37.3 Å². The van der Waals surface area contributed by atoms with Crippen molar-refractivity contribution >= 4 is 40.6 Å². The highest BCUT2D eigenvalue weighted by atomic mass is 35.5. The third kappa shape index (κ3) is 5.28. The van der Waals surface area contributed by atoms with Gasteiger partial charge in [-0.2, -0.15) is 0 Å². The molecule has 1 atom stereocenters. The molecule has 2 aromatic carbocycles. The number of hydrogen-bond donors (Lipinski definition) is 1. The van der Waals surface area contributed by atoms with Crippen LogP contribution in [0, 0.1) is 10.1 Å². The molecule has 0 aliphatic rings. The van der Waals surface area contributed by atoms with Gasteiger partial charge in [-0.25, -0.2) is 0 Å². The van der Waals surface area contributed by atoms with Gasteiger partial charge in [0.2, 0.25) is 5.91 Å². The molecule has 1 amide bonds. The molecule has 1 N–H and O–H groups in total. The number of thioether (sulfide) groups is 1. The molecule has 0 aliphatic carbocycles. The van der Waals surface area contributed by atoms with Crippen molar-refractivity contribution in [3.05, 3.63) is 69.5 Å². The molecule has 0 fully saturated rings. The van der Waals surface area contributed by atoms with E-state index in [4.69, 9.17) is 16.3 Å². The van der Waals surface area contributed by atoms with Gasteiger partial charge in [0.1, 0.15) is 10.8 Å². The van der Waals surface area contributed by atoms with Crippen LogP contribution in [0.15, 0.2) is 53.7 Å². The Morgan fingerprint density at radius 1 is 1.30 bits per heavy atom. The summed E-state index contributed by atoms with van der Waals surface area (Å²) >= 11 is 6.97. The number of anilines is 1. The van der Waals surface area contributed by atoms with Crippen LogP contribution in [0.5, 0.6) is 5.75 Å². The average Bonchev–Trinajstić information content (AvgIpc) is 3.09. The van der Waals surface area contributed by atoms with Crippen molar-refractivity contribution in [1.82, 2.24) is 14.8 Å². The highest BCUT2D eigenvalue weighted by molar-refractivity contribution is 7.99. The number of nitro benzene ring substituents is 1. The van der Waals surface area contributed by atoms with Crippen LogP contribution in [-0.4, -0.2) is 31.3 Å². The zero-order valence-corrected chi connectivity index (χ0v) is 17.7. The second-order valence-corrected chi connectivity index (χ2v) is 7.58. The number of aromatic nitrogens is 3. The van der Waals surface area contributed by atoms with Crippen molar-refractivity contribution in [2.45, 2.75) is 18.2 Å². The number of nitro groups is 1. The summed E-state index contributed by atoms with van der Waals surface area (Å²) in [5.41, 5.74) is 0.0210. The maximum absolute atomic E-state index is 12.2. The first-order valence-electron chi connectivity index (χ1n) is 8.82. The summed E-state index contributed by atoms with van der Waals surface area (Å²) < 4.78 is 7.62. The van der Waals surface area contributed by atoms with Crippen molar-refractivity contribution < 1.29 is 14.5 Å². The second-order valence-electron chi connectivity index (χ2n) is 6.23. The number of hydrogen-bond acceptors (Lipinski definition) is 7.